The average Bonchev–Trinajstić information content (AvgIpc) is 1.62. The van der Waals surface area contributed by atoms with E-state index in [0.29, 0.717) is 45.1 Å². The molecule has 8 aromatic carbocycles. The molecule has 0 aliphatic rings. The zero-order chi connectivity index (χ0) is 70.0. The quantitative estimate of drug-likeness (QED) is 0.114. The number of nitrogens with zero attached hydrogens (tertiary/aromatic N) is 2. The van der Waals surface area contributed by atoms with Crippen LogP contribution >= 0.6 is 0 Å². The van der Waals surface area contributed by atoms with E-state index >= 15 is 8.78 Å². The molecule has 0 unspecified atom stereocenters. The fourth-order valence-electron chi connectivity index (χ4n) is 14.7. The maximum atomic E-state index is 16.2. The van der Waals surface area contributed by atoms with E-state index in [1.807, 2.05) is 12.1 Å². The number of rotatable bonds is 14. The van der Waals surface area contributed by atoms with Gasteiger partial charge < -0.3 is 28.8 Å². The Kier molecular flexibility index (Phi) is 17.9. The van der Waals surface area contributed by atoms with E-state index in [0.717, 1.165) is 67.6 Å². The van der Waals surface area contributed by atoms with Crippen LogP contribution < -0.4 is 9.47 Å². The lowest BCUT2D eigenvalue weighted by Gasteiger charge is -2.34. The van der Waals surface area contributed by atoms with Gasteiger partial charge in [-0.3, -0.25) is 0 Å². The number of phenols is 2. The van der Waals surface area contributed by atoms with Gasteiger partial charge in [-0.2, -0.15) is 0 Å². The maximum Gasteiger partial charge on any atom is 0.147 e. The van der Waals surface area contributed by atoms with Crippen molar-refractivity contribution in [2.45, 2.75) is 218 Å². The molecule has 0 amide bonds. The monoisotopic (exact) mass is 1280 g/mol. The van der Waals surface area contributed by atoms with Gasteiger partial charge in [-0.25, -0.2) is 8.78 Å². The van der Waals surface area contributed by atoms with Crippen LogP contribution in [0.25, 0.3) is 77.2 Å². The van der Waals surface area contributed by atoms with Crippen molar-refractivity contribution in [1.82, 2.24) is 9.13 Å². The predicted octanol–water partition coefficient (Wildman–Crippen LogP) is 24.6. The summed E-state index contributed by atoms with van der Waals surface area (Å²) in [6, 6.07) is 44.2. The molecule has 2 heterocycles. The Morgan fingerprint density at radius 1 is 0.337 bits per heavy atom. The van der Waals surface area contributed by atoms with Gasteiger partial charge in [0, 0.05) is 49.7 Å². The third kappa shape index (κ3) is 14.5. The first-order chi connectivity index (χ1) is 43.6. The summed E-state index contributed by atoms with van der Waals surface area (Å²) in [5.41, 5.74) is 11.9. The van der Waals surface area contributed by atoms with Gasteiger partial charge in [0.15, 0.2) is 0 Å². The van der Waals surface area contributed by atoms with Crippen LogP contribution in [0.15, 0.2) is 133 Å². The molecule has 0 spiro atoms. The minimum absolute atomic E-state index is 0.00803. The molecule has 0 atom stereocenters. The highest BCUT2D eigenvalue weighted by Crippen LogP contribution is 2.51. The standard InChI is InChI=1S/C87H108F2N2O4/c1-79(2,3)50-86(22,23)56-42-67(77(92)73(44-56)90-69-32-26-52(81(7,8)9)38-61(69)62-39-53(82(10,11)12)27-33-70(62)90)65-46-59(88)30-36-75(65)94-48-58(85(19,20)21)49-95-76-37-31-60(89)47-66(76)68-43-57(87(24,25)51-80(4,5)6)45-74(78(68)93)91-71-34-28-54(83(13,14)15)40-63(71)64-41-55(84(16,17)18)29-35-72(64)91/h26-47,58,92-93H,48-51H2,1-25H3. The fraction of sp³-hybridized carbons (Fsp3) is 0.448. The van der Waals surface area contributed by atoms with E-state index in [2.05, 4.69) is 267 Å². The minimum atomic E-state index is -0.465. The molecule has 0 aliphatic heterocycles. The molecule has 0 aliphatic carbocycles. The summed E-state index contributed by atoms with van der Waals surface area (Å²) in [7, 11) is 0. The van der Waals surface area contributed by atoms with Gasteiger partial charge in [-0.1, -0.05) is 197 Å². The highest BCUT2D eigenvalue weighted by atomic mass is 19.1. The Balaban J connectivity index is 1.08. The van der Waals surface area contributed by atoms with Gasteiger partial charge >= 0.3 is 0 Å². The van der Waals surface area contributed by atoms with Crippen LogP contribution in [0.5, 0.6) is 23.0 Å². The van der Waals surface area contributed by atoms with Crippen LogP contribution in [-0.4, -0.2) is 32.6 Å². The molecule has 0 radical (unpaired) electrons. The highest BCUT2D eigenvalue weighted by Gasteiger charge is 2.35. The summed E-state index contributed by atoms with van der Waals surface area (Å²) in [6.07, 6.45) is 1.66. The lowest BCUT2D eigenvalue weighted by atomic mass is 9.71. The van der Waals surface area contributed by atoms with Crippen LogP contribution in [0.1, 0.15) is 219 Å². The third-order valence-electron chi connectivity index (χ3n) is 19.7. The zero-order valence-electron chi connectivity index (χ0n) is 62.0. The van der Waals surface area contributed by atoms with Crippen molar-refractivity contribution in [2.75, 3.05) is 13.2 Å². The number of aromatic hydroxyl groups is 2. The Morgan fingerprint density at radius 3 is 0.874 bits per heavy atom. The van der Waals surface area contributed by atoms with E-state index in [1.165, 1.54) is 46.5 Å². The Labute approximate surface area is 567 Å². The number of fused-ring (bicyclic) bond motifs is 6. The van der Waals surface area contributed by atoms with Crippen molar-refractivity contribution in [3.8, 4) is 56.6 Å². The first-order valence-electron chi connectivity index (χ1n) is 34.4. The van der Waals surface area contributed by atoms with Crippen LogP contribution in [0, 0.1) is 33.8 Å². The van der Waals surface area contributed by atoms with Gasteiger partial charge in [0.25, 0.3) is 0 Å². The van der Waals surface area contributed by atoms with Crippen LogP contribution in [-0.2, 0) is 32.5 Å². The first-order valence-corrected chi connectivity index (χ1v) is 34.4. The van der Waals surface area contributed by atoms with E-state index in [-0.39, 0.29) is 63.1 Å². The number of halogens is 2. The Morgan fingerprint density at radius 2 is 0.621 bits per heavy atom. The summed E-state index contributed by atoms with van der Waals surface area (Å²) in [6.45, 7) is 56.0. The molecular formula is C87H108F2N2O4. The molecule has 0 fully saturated rings. The molecule has 8 heteroatoms. The Bertz CT molecular complexity index is 4150. The molecule has 10 rings (SSSR count). The van der Waals surface area contributed by atoms with Gasteiger partial charge in [0.05, 0.1) is 46.7 Å². The SMILES string of the molecule is CC(C)(C)CC(C)(C)c1cc(-c2cc(F)ccc2OCC(COc2ccc(F)cc2-c2cc(C(C)(C)CC(C)(C)C)cc(-n3c4ccc(C(C)(C)C)cc4c4cc(C(C)(C)C)ccc43)c2O)C(C)(C)C)c(O)c(-n2c3ccc(C(C)(C)C)cc3c3cc(C(C)(C)C)ccc32)c1. The lowest BCUT2D eigenvalue weighted by molar-refractivity contribution is 0.0925. The number of hydrogen-bond donors (Lipinski definition) is 2. The molecule has 0 bridgehead atoms. The van der Waals surface area contributed by atoms with Gasteiger partial charge in [0.2, 0.25) is 0 Å². The fourth-order valence-corrected chi connectivity index (χ4v) is 14.7. The normalized spacial score (nSPS) is 13.6. The zero-order valence-corrected chi connectivity index (χ0v) is 62.0. The van der Waals surface area contributed by atoms with Gasteiger partial charge in [-0.05, 0) is 204 Å². The summed E-state index contributed by atoms with van der Waals surface area (Å²) in [4.78, 5) is 0. The number of hydrogen-bond acceptors (Lipinski definition) is 4. The molecule has 95 heavy (non-hydrogen) atoms. The van der Waals surface area contributed by atoms with E-state index in [1.54, 1.807) is 12.1 Å². The Hall–Kier alpha value is -7.58. The van der Waals surface area contributed by atoms with Crippen molar-refractivity contribution in [1.29, 1.82) is 0 Å². The summed E-state index contributed by atoms with van der Waals surface area (Å²) >= 11 is 0. The van der Waals surface area contributed by atoms with Crippen molar-refractivity contribution in [3.63, 3.8) is 0 Å². The van der Waals surface area contributed by atoms with E-state index in [9.17, 15) is 10.2 Å². The van der Waals surface area contributed by atoms with Crippen molar-refractivity contribution < 1.29 is 28.5 Å². The molecule has 2 aromatic heterocycles. The molecule has 2 N–H and O–H groups in total. The van der Waals surface area contributed by atoms with Crippen molar-refractivity contribution in [2.24, 2.45) is 22.2 Å². The minimum Gasteiger partial charge on any atom is -0.505 e. The largest absolute Gasteiger partial charge is 0.505 e. The summed E-state index contributed by atoms with van der Waals surface area (Å²) in [5, 5.41) is 30.8. The second kappa shape index (κ2) is 24.2. The molecule has 0 saturated carbocycles. The topological polar surface area (TPSA) is 68.8 Å². The van der Waals surface area contributed by atoms with Crippen molar-refractivity contribution >= 4 is 43.6 Å². The summed E-state index contributed by atoms with van der Waals surface area (Å²) < 4.78 is 50.8. The smallest absolute Gasteiger partial charge is 0.147 e. The first kappa shape index (κ1) is 70.2. The molecule has 6 nitrogen and oxygen atoms in total. The van der Waals surface area contributed by atoms with E-state index < -0.39 is 27.9 Å². The molecule has 10 aromatic rings. The highest BCUT2D eigenvalue weighted by molar-refractivity contribution is 6.11. The number of aromatic nitrogens is 2. The van der Waals surface area contributed by atoms with Crippen LogP contribution in [0.2, 0.25) is 0 Å². The molecule has 504 valence electrons. The van der Waals surface area contributed by atoms with Gasteiger partial charge in [-0.15, -0.1) is 0 Å². The van der Waals surface area contributed by atoms with Crippen LogP contribution in [0.3, 0.4) is 0 Å². The second-order valence-corrected chi connectivity index (χ2v) is 36.6. The number of ether oxygens (including phenoxy) is 2. The van der Waals surface area contributed by atoms with Gasteiger partial charge in [0.1, 0.15) is 34.6 Å². The van der Waals surface area contributed by atoms with Crippen molar-refractivity contribution in [3.05, 3.63) is 178 Å². The predicted molar refractivity (Wildman–Crippen MR) is 399 cm³/mol. The third-order valence-corrected chi connectivity index (χ3v) is 19.7. The number of phenolic OH excluding ortho intramolecular Hbond substituents is 2. The number of benzene rings is 8. The van der Waals surface area contributed by atoms with Crippen LogP contribution in [0.4, 0.5) is 8.78 Å². The maximum absolute atomic E-state index is 16.2. The summed E-state index contributed by atoms with van der Waals surface area (Å²) in [5.74, 6) is -0.390. The lowest BCUT2D eigenvalue weighted by Crippen LogP contribution is -2.32. The van der Waals surface area contributed by atoms with E-state index in [4.69, 9.17) is 9.47 Å². The molecular weight excluding hydrogens is 1170 g/mol. The molecule has 0 saturated heterocycles. The second-order valence-electron chi connectivity index (χ2n) is 36.6. The average molecular weight is 1280 g/mol.